The van der Waals surface area contributed by atoms with Crippen LogP contribution in [0.25, 0.3) is 0 Å². The SMILES string of the molecule is Cc1ccc(CNC(=O)c2ccc(C(=O)N3CCC(C)CC3)cc2)cc1. The molecule has 4 nitrogen and oxygen atoms in total. The average molecular weight is 350 g/mol. The van der Waals surface area contributed by atoms with E-state index >= 15 is 0 Å². The molecule has 2 amide bonds. The van der Waals surface area contributed by atoms with E-state index in [1.165, 1.54) is 5.56 Å². The first kappa shape index (κ1) is 18.2. The van der Waals surface area contributed by atoms with Crippen LogP contribution in [0.4, 0.5) is 0 Å². The van der Waals surface area contributed by atoms with Crippen LogP contribution < -0.4 is 5.32 Å². The molecule has 0 aromatic heterocycles. The van der Waals surface area contributed by atoms with E-state index in [0.717, 1.165) is 31.5 Å². The summed E-state index contributed by atoms with van der Waals surface area (Å²) in [6, 6.07) is 15.0. The molecule has 1 N–H and O–H groups in total. The normalized spacial score (nSPS) is 14.9. The van der Waals surface area contributed by atoms with Gasteiger partial charge in [0, 0.05) is 30.8 Å². The molecule has 2 aromatic rings. The molecule has 0 radical (unpaired) electrons. The van der Waals surface area contributed by atoms with Gasteiger partial charge in [-0.15, -0.1) is 0 Å². The van der Waals surface area contributed by atoms with Gasteiger partial charge >= 0.3 is 0 Å². The van der Waals surface area contributed by atoms with Crippen LogP contribution in [-0.2, 0) is 6.54 Å². The zero-order valence-corrected chi connectivity index (χ0v) is 15.5. The zero-order valence-electron chi connectivity index (χ0n) is 15.5. The summed E-state index contributed by atoms with van der Waals surface area (Å²) in [5.41, 5.74) is 3.48. The number of nitrogens with one attached hydrogen (secondary N) is 1. The van der Waals surface area contributed by atoms with Crippen LogP contribution in [0, 0.1) is 12.8 Å². The second-order valence-corrected chi connectivity index (χ2v) is 7.22. The van der Waals surface area contributed by atoms with Crippen molar-refractivity contribution in [2.75, 3.05) is 13.1 Å². The van der Waals surface area contributed by atoms with E-state index in [1.54, 1.807) is 24.3 Å². The van der Waals surface area contributed by atoms with Gasteiger partial charge in [0.15, 0.2) is 0 Å². The van der Waals surface area contributed by atoms with Crippen LogP contribution in [0.5, 0.6) is 0 Å². The Bertz CT molecular complexity index is 758. The molecule has 1 aliphatic rings. The van der Waals surface area contributed by atoms with E-state index in [1.807, 2.05) is 36.1 Å². The number of hydrogen-bond donors (Lipinski definition) is 1. The molecular weight excluding hydrogens is 324 g/mol. The highest BCUT2D eigenvalue weighted by molar-refractivity contribution is 5.97. The van der Waals surface area contributed by atoms with E-state index in [-0.39, 0.29) is 11.8 Å². The maximum absolute atomic E-state index is 12.6. The molecule has 0 bridgehead atoms. The van der Waals surface area contributed by atoms with E-state index in [4.69, 9.17) is 0 Å². The minimum absolute atomic E-state index is 0.0588. The Hall–Kier alpha value is -2.62. The predicted octanol–water partition coefficient (Wildman–Crippen LogP) is 3.80. The fourth-order valence-corrected chi connectivity index (χ4v) is 3.15. The Morgan fingerprint density at radius 3 is 2.15 bits per heavy atom. The minimum Gasteiger partial charge on any atom is -0.348 e. The molecule has 1 aliphatic heterocycles. The third-order valence-corrected chi connectivity index (χ3v) is 5.04. The monoisotopic (exact) mass is 350 g/mol. The lowest BCUT2D eigenvalue weighted by Gasteiger charge is -2.30. The van der Waals surface area contributed by atoms with Crippen molar-refractivity contribution < 1.29 is 9.59 Å². The highest BCUT2D eigenvalue weighted by Gasteiger charge is 2.21. The number of amides is 2. The topological polar surface area (TPSA) is 49.4 Å². The fourth-order valence-electron chi connectivity index (χ4n) is 3.15. The second kappa shape index (κ2) is 8.17. The van der Waals surface area contributed by atoms with Gasteiger partial charge in [0.1, 0.15) is 0 Å². The molecule has 2 aromatic carbocycles. The molecule has 136 valence electrons. The van der Waals surface area contributed by atoms with E-state index < -0.39 is 0 Å². The van der Waals surface area contributed by atoms with Gasteiger partial charge in [0.2, 0.25) is 0 Å². The summed E-state index contributed by atoms with van der Waals surface area (Å²) in [4.78, 5) is 26.8. The maximum atomic E-state index is 12.6. The number of piperidine rings is 1. The van der Waals surface area contributed by atoms with Gasteiger partial charge in [-0.2, -0.15) is 0 Å². The molecule has 0 unspecified atom stereocenters. The Labute approximate surface area is 155 Å². The summed E-state index contributed by atoms with van der Waals surface area (Å²) in [5.74, 6) is 0.624. The van der Waals surface area contributed by atoms with E-state index in [2.05, 4.69) is 12.2 Å². The summed E-state index contributed by atoms with van der Waals surface area (Å²) in [6.07, 6.45) is 2.12. The lowest BCUT2D eigenvalue weighted by molar-refractivity contribution is 0.0696. The summed E-state index contributed by atoms with van der Waals surface area (Å²) in [7, 11) is 0. The highest BCUT2D eigenvalue weighted by Crippen LogP contribution is 2.18. The van der Waals surface area contributed by atoms with Gasteiger partial charge in [-0.3, -0.25) is 9.59 Å². The number of hydrogen-bond acceptors (Lipinski definition) is 2. The van der Waals surface area contributed by atoms with Crippen molar-refractivity contribution in [3.05, 3.63) is 70.8 Å². The lowest BCUT2D eigenvalue weighted by Crippen LogP contribution is -2.37. The molecule has 1 fully saturated rings. The molecule has 26 heavy (non-hydrogen) atoms. The molecule has 4 heteroatoms. The van der Waals surface area contributed by atoms with Crippen molar-refractivity contribution >= 4 is 11.8 Å². The number of carbonyl (C=O) groups excluding carboxylic acids is 2. The lowest BCUT2D eigenvalue weighted by atomic mass is 9.98. The van der Waals surface area contributed by atoms with Crippen molar-refractivity contribution in [2.45, 2.75) is 33.2 Å². The number of carbonyl (C=O) groups is 2. The van der Waals surface area contributed by atoms with Gasteiger partial charge in [0.05, 0.1) is 0 Å². The van der Waals surface area contributed by atoms with Crippen molar-refractivity contribution in [3.8, 4) is 0 Å². The maximum Gasteiger partial charge on any atom is 0.253 e. The molecule has 0 aliphatic carbocycles. The summed E-state index contributed by atoms with van der Waals surface area (Å²) in [5, 5.41) is 2.92. The molecule has 1 heterocycles. The van der Waals surface area contributed by atoms with Gasteiger partial charge in [-0.25, -0.2) is 0 Å². The van der Waals surface area contributed by atoms with Crippen LogP contribution in [0.1, 0.15) is 51.6 Å². The standard InChI is InChI=1S/C22H26N2O2/c1-16-3-5-18(6-4-16)15-23-21(25)19-7-9-20(10-8-19)22(26)24-13-11-17(2)12-14-24/h3-10,17H,11-15H2,1-2H3,(H,23,25). The Balaban J connectivity index is 1.57. The van der Waals surface area contributed by atoms with Crippen LogP contribution in [0.3, 0.4) is 0 Å². The number of rotatable bonds is 4. The third kappa shape index (κ3) is 4.51. The van der Waals surface area contributed by atoms with Crippen LogP contribution in [0.15, 0.2) is 48.5 Å². The van der Waals surface area contributed by atoms with Crippen LogP contribution >= 0.6 is 0 Å². The van der Waals surface area contributed by atoms with Crippen LogP contribution in [-0.4, -0.2) is 29.8 Å². The first-order valence-corrected chi connectivity index (χ1v) is 9.26. The predicted molar refractivity (Wildman–Crippen MR) is 103 cm³/mol. The minimum atomic E-state index is -0.128. The summed E-state index contributed by atoms with van der Waals surface area (Å²) in [6.45, 7) is 6.39. The largest absolute Gasteiger partial charge is 0.348 e. The van der Waals surface area contributed by atoms with Gasteiger partial charge in [-0.05, 0) is 55.5 Å². The fraction of sp³-hybridized carbons (Fsp3) is 0.364. The Kier molecular flexibility index (Phi) is 5.71. The summed E-state index contributed by atoms with van der Waals surface area (Å²) >= 11 is 0. The van der Waals surface area contributed by atoms with Crippen molar-refractivity contribution in [2.24, 2.45) is 5.92 Å². The first-order chi connectivity index (χ1) is 12.5. The van der Waals surface area contributed by atoms with Crippen LogP contribution in [0.2, 0.25) is 0 Å². The van der Waals surface area contributed by atoms with Crippen molar-refractivity contribution in [1.82, 2.24) is 10.2 Å². The average Bonchev–Trinajstić information content (AvgIpc) is 2.67. The smallest absolute Gasteiger partial charge is 0.253 e. The summed E-state index contributed by atoms with van der Waals surface area (Å²) < 4.78 is 0. The molecule has 0 atom stereocenters. The van der Waals surface area contributed by atoms with Crippen molar-refractivity contribution in [1.29, 1.82) is 0 Å². The quantitative estimate of drug-likeness (QED) is 0.912. The number of benzene rings is 2. The Morgan fingerprint density at radius 2 is 1.54 bits per heavy atom. The van der Waals surface area contributed by atoms with Gasteiger partial charge in [-0.1, -0.05) is 36.8 Å². The number of nitrogens with zero attached hydrogens (tertiary/aromatic N) is 1. The van der Waals surface area contributed by atoms with E-state index in [9.17, 15) is 9.59 Å². The third-order valence-electron chi connectivity index (χ3n) is 5.04. The number of likely N-dealkylation sites (tertiary alicyclic amines) is 1. The first-order valence-electron chi connectivity index (χ1n) is 9.26. The van der Waals surface area contributed by atoms with Crippen molar-refractivity contribution in [3.63, 3.8) is 0 Å². The zero-order chi connectivity index (χ0) is 18.5. The highest BCUT2D eigenvalue weighted by atomic mass is 16.2. The Morgan fingerprint density at radius 1 is 0.962 bits per heavy atom. The number of aryl methyl sites for hydroxylation is 1. The molecule has 3 rings (SSSR count). The van der Waals surface area contributed by atoms with Gasteiger partial charge in [0.25, 0.3) is 11.8 Å². The molecule has 0 saturated carbocycles. The molecule has 1 saturated heterocycles. The molecular formula is C22H26N2O2. The second-order valence-electron chi connectivity index (χ2n) is 7.22. The molecule has 0 spiro atoms. The van der Waals surface area contributed by atoms with E-state index in [0.29, 0.717) is 23.6 Å². The van der Waals surface area contributed by atoms with Gasteiger partial charge < -0.3 is 10.2 Å².